The maximum atomic E-state index is 13.6. The molecule has 2 heterocycles. The molecule has 1 amide bonds. The van der Waals surface area contributed by atoms with Crippen molar-refractivity contribution in [3.8, 4) is 11.3 Å². The second-order valence-electron chi connectivity index (χ2n) is 7.31. The van der Waals surface area contributed by atoms with Crippen LogP contribution in [-0.4, -0.2) is 45.3 Å². The highest BCUT2D eigenvalue weighted by Crippen LogP contribution is 2.36. The number of alkyl halides is 4. The maximum Gasteiger partial charge on any atom is 0.287 e. The fourth-order valence-electron chi connectivity index (χ4n) is 3.52. The number of aryl methyl sites for hydroxylation is 1. The third-order valence-corrected chi connectivity index (χ3v) is 5.09. The maximum absolute atomic E-state index is 13.6. The highest BCUT2D eigenvalue weighted by molar-refractivity contribution is 6.08. The van der Waals surface area contributed by atoms with Crippen molar-refractivity contribution in [1.82, 2.24) is 9.99 Å². The first kappa shape index (κ1) is 20.9. The van der Waals surface area contributed by atoms with Crippen LogP contribution in [0.15, 0.2) is 59.7 Å². The molecule has 4 rings (SSSR count). The van der Waals surface area contributed by atoms with Crippen LogP contribution in [0.2, 0.25) is 0 Å². The van der Waals surface area contributed by atoms with Gasteiger partial charge in [-0.1, -0.05) is 42.0 Å². The number of halogens is 4. The van der Waals surface area contributed by atoms with Crippen molar-refractivity contribution < 1.29 is 27.5 Å². The fourth-order valence-corrected chi connectivity index (χ4v) is 3.52. The van der Waals surface area contributed by atoms with E-state index in [1.54, 1.807) is 36.4 Å². The molecule has 1 aliphatic rings. The highest BCUT2D eigenvalue weighted by Gasteiger charge is 2.53. The minimum absolute atomic E-state index is 0.0704. The van der Waals surface area contributed by atoms with E-state index in [1.165, 1.54) is 6.07 Å². The number of pyridine rings is 1. The van der Waals surface area contributed by atoms with Crippen molar-refractivity contribution in [3.05, 3.63) is 65.7 Å². The largest absolute Gasteiger partial charge is 0.364 e. The van der Waals surface area contributed by atoms with E-state index < -0.39 is 36.6 Å². The molecule has 2 aromatic carbocycles. The van der Waals surface area contributed by atoms with Gasteiger partial charge in [0.25, 0.3) is 18.8 Å². The first-order valence-electron chi connectivity index (χ1n) is 9.38. The molecule has 1 aliphatic heterocycles. The number of rotatable bonds is 4. The summed E-state index contributed by atoms with van der Waals surface area (Å²) in [5.74, 6) is -1.12. The molecule has 160 valence electrons. The molecule has 0 spiro atoms. The number of hydrogen-bond acceptors (Lipinski definition) is 4. The quantitative estimate of drug-likeness (QED) is 0.613. The fraction of sp³-hybridized carbons (Fsp3) is 0.227. The molecule has 0 saturated carbocycles. The topological polar surface area (TPSA) is 65.8 Å². The molecule has 0 saturated heterocycles. The summed E-state index contributed by atoms with van der Waals surface area (Å²) in [6.07, 6.45) is -7.82. The summed E-state index contributed by atoms with van der Waals surface area (Å²) < 4.78 is 53.5. The number of benzene rings is 2. The van der Waals surface area contributed by atoms with Crippen molar-refractivity contribution in [2.45, 2.75) is 31.9 Å². The number of hydrazone groups is 1. The van der Waals surface area contributed by atoms with E-state index in [9.17, 15) is 27.5 Å². The Morgan fingerprint density at radius 2 is 1.84 bits per heavy atom. The Morgan fingerprint density at radius 1 is 1.10 bits per heavy atom. The Labute approximate surface area is 174 Å². The van der Waals surface area contributed by atoms with Gasteiger partial charge in [-0.25, -0.2) is 22.5 Å². The SMILES string of the molecule is Cc1cccc(-c2cc(C(=O)N3N=C(C(F)F)C[C@]3(O)C(F)F)c3ccccc3n2)c1. The smallest absolute Gasteiger partial charge is 0.287 e. The van der Waals surface area contributed by atoms with Gasteiger partial charge < -0.3 is 5.11 Å². The van der Waals surface area contributed by atoms with Crippen LogP contribution in [0.1, 0.15) is 22.3 Å². The summed E-state index contributed by atoms with van der Waals surface area (Å²) in [5.41, 5.74) is -1.79. The molecular weight excluding hydrogens is 414 g/mol. The average Bonchev–Trinajstić information content (AvgIpc) is 3.12. The monoisotopic (exact) mass is 431 g/mol. The second kappa shape index (κ2) is 7.73. The van der Waals surface area contributed by atoms with Crippen LogP contribution in [0.5, 0.6) is 0 Å². The molecule has 1 atom stereocenters. The molecule has 0 bridgehead atoms. The Balaban J connectivity index is 1.89. The van der Waals surface area contributed by atoms with Crippen LogP contribution in [-0.2, 0) is 0 Å². The van der Waals surface area contributed by atoms with Crippen LogP contribution in [0.25, 0.3) is 22.2 Å². The second-order valence-corrected chi connectivity index (χ2v) is 7.31. The van der Waals surface area contributed by atoms with E-state index in [0.717, 1.165) is 5.56 Å². The van der Waals surface area contributed by atoms with E-state index in [4.69, 9.17) is 0 Å². The number of nitrogens with zero attached hydrogens (tertiary/aromatic N) is 3. The van der Waals surface area contributed by atoms with E-state index in [2.05, 4.69) is 10.1 Å². The Morgan fingerprint density at radius 3 is 2.52 bits per heavy atom. The number of fused-ring (bicyclic) bond motifs is 1. The molecule has 9 heteroatoms. The van der Waals surface area contributed by atoms with E-state index in [1.807, 2.05) is 19.1 Å². The van der Waals surface area contributed by atoms with Gasteiger partial charge in [-0.3, -0.25) is 4.79 Å². The summed E-state index contributed by atoms with van der Waals surface area (Å²) in [7, 11) is 0. The lowest BCUT2D eigenvalue weighted by molar-refractivity contribution is -0.164. The van der Waals surface area contributed by atoms with Crippen LogP contribution < -0.4 is 0 Å². The number of aromatic nitrogens is 1. The number of aliphatic hydroxyl groups is 1. The normalized spacial score (nSPS) is 18.8. The van der Waals surface area contributed by atoms with Gasteiger partial charge in [-0.15, -0.1) is 0 Å². The third-order valence-electron chi connectivity index (χ3n) is 5.09. The van der Waals surface area contributed by atoms with Crippen molar-refractivity contribution in [2.24, 2.45) is 5.10 Å². The van der Waals surface area contributed by atoms with Gasteiger partial charge in [0.15, 0.2) is 0 Å². The molecular formula is C22H17F4N3O2. The third kappa shape index (κ3) is 3.65. The zero-order valence-corrected chi connectivity index (χ0v) is 16.3. The van der Waals surface area contributed by atoms with Gasteiger partial charge in [0.1, 0.15) is 5.71 Å². The van der Waals surface area contributed by atoms with E-state index in [0.29, 0.717) is 22.2 Å². The van der Waals surface area contributed by atoms with Crippen molar-refractivity contribution in [3.63, 3.8) is 0 Å². The standard InChI is InChI=1S/C22H17F4N3O2/c1-12-5-4-6-13(9-12)17-10-15(14-7-2-3-8-16(14)27-17)20(30)29-22(31,21(25)26)11-18(28-29)19(23)24/h2-10,19,21,31H,11H2,1H3/t22-/m0/s1. The van der Waals surface area contributed by atoms with Gasteiger partial charge >= 0.3 is 0 Å². The predicted molar refractivity (Wildman–Crippen MR) is 107 cm³/mol. The molecule has 0 unspecified atom stereocenters. The van der Waals surface area contributed by atoms with Gasteiger partial charge in [-0.2, -0.15) is 10.1 Å². The first-order valence-corrected chi connectivity index (χ1v) is 9.38. The molecule has 3 aromatic rings. The van der Waals surface area contributed by atoms with Crippen LogP contribution in [0.4, 0.5) is 17.6 Å². The zero-order valence-electron chi connectivity index (χ0n) is 16.3. The van der Waals surface area contributed by atoms with Gasteiger partial charge in [-0.05, 0) is 25.1 Å². The van der Waals surface area contributed by atoms with Crippen molar-refractivity contribution in [1.29, 1.82) is 0 Å². The highest BCUT2D eigenvalue weighted by atomic mass is 19.3. The van der Waals surface area contributed by atoms with Crippen LogP contribution in [0.3, 0.4) is 0 Å². The molecule has 1 N–H and O–H groups in total. The average molecular weight is 431 g/mol. The van der Waals surface area contributed by atoms with Crippen LogP contribution >= 0.6 is 0 Å². The Kier molecular flexibility index (Phi) is 5.22. The molecule has 5 nitrogen and oxygen atoms in total. The number of amides is 1. The number of para-hydroxylation sites is 1. The number of carbonyl (C=O) groups is 1. The minimum Gasteiger partial charge on any atom is -0.364 e. The van der Waals surface area contributed by atoms with Crippen molar-refractivity contribution in [2.75, 3.05) is 0 Å². The predicted octanol–water partition coefficient (Wildman–Crippen LogP) is 4.63. The molecule has 0 radical (unpaired) electrons. The minimum atomic E-state index is -3.50. The van der Waals surface area contributed by atoms with E-state index >= 15 is 0 Å². The summed E-state index contributed by atoms with van der Waals surface area (Å²) >= 11 is 0. The van der Waals surface area contributed by atoms with Crippen LogP contribution in [0, 0.1) is 6.92 Å². The molecule has 0 fully saturated rings. The lowest BCUT2D eigenvalue weighted by atomic mass is 10.0. The summed E-state index contributed by atoms with van der Waals surface area (Å²) in [6, 6.07) is 15.2. The lowest BCUT2D eigenvalue weighted by Crippen LogP contribution is -2.51. The lowest BCUT2D eigenvalue weighted by Gasteiger charge is -2.30. The Bertz CT molecular complexity index is 1200. The number of hydrogen-bond donors (Lipinski definition) is 1. The van der Waals surface area contributed by atoms with Gasteiger partial charge in [0.05, 0.1) is 16.8 Å². The van der Waals surface area contributed by atoms with Gasteiger partial charge in [0, 0.05) is 17.4 Å². The summed E-state index contributed by atoms with van der Waals surface area (Å²) in [5, 5.41) is 14.1. The molecule has 1 aromatic heterocycles. The molecule has 0 aliphatic carbocycles. The summed E-state index contributed by atoms with van der Waals surface area (Å²) in [4.78, 5) is 17.8. The molecule has 31 heavy (non-hydrogen) atoms. The first-order chi connectivity index (χ1) is 14.7. The van der Waals surface area contributed by atoms with Gasteiger partial charge in [0.2, 0.25) is 5.72 Å². The zero-order chi connectivity index (χ0) is 22.3. The van der Waals surface area contributed by atoms with E-state index in [-0.39, 0.29) is 10.6 Å². The summed E-state index contributed by atoms with van der Waals surface area (Å²) in [6.45, 7) is 1.88. The Hall–Kier alpha value is -3.33. The van der Waals surface area contributed by atoms with Crippen molar-refractivity contribution >= 4 is 22.5 Å². The number of carbonyl (C=O) groups excluding carboxylic acids is 1.